The maximum atomic E-state index is 12.0. The first-order valence-corrected chi connectivity index (χ1v) is 14.3. The van der Waals surface area contributed by atoms with Crippen LogP contribution in [-0.2, 0) is 16.1 Å². The van der Waals surface area contributed by atoms with E-state index in [1.165, 1.54) is 55.6 Å². The molecular formula is C30H31N3O4S. The van der Waals surface area contributed by atoms with Crippen LogP contribution in [0.1, 0.15) is 71.8 Å². The average molecular weight is 530 g/mol. The summed E-state index contributed by atoms with van der Waals surface area (Å²) in [4.78, 5) is 14.6. The SMILES string of the molecule is COC(=O)c1nsc2cc(N3C4CC[C@H]3CC(OCc3c(-c5ccccc5C)noc3C3CC3)C4)ccc12. The minimum Gasteiger partial charge on any atom is -0.464 e. The summed E-state index contributed by atoms with van der Waals surface area (Å²) in [5.74, 6) is 1.12. The van der Waals surface area contributed by atoms with Gasteiger partial charge in [0, 0.05) is 40.2 Å². The first-order valence-electron chi connectivity index (χ1n) is 13.5. The second kappa shape index (κ2) is 9.50. The number of ether oxygens (including phenoxy) is 2. The number of aryl methyl sites for hydroxylation is 1. The van der Waals surface area contributed by atoms with E-state index >= 15 is 0 Å². The molecule has 0 radical (unpaired) electrons. The quantitative estimate of drug-likeness (QED) is 0.248. The lowest BCUT2D eigenvalue weighted by atomic mass is 9.98. The smallest absolute Gasteiger partial charge is 0.358 e. The van der Waals surface area contributed by atoms with Crippen molar-refractivity contribution < 1.29 is 18.8 Å². The monoisotopic (exact) mass is 529 g/mol. The third-order valence-corrected chi connectivity index (χ3v) is 9.26. The molecule has 0 amide bonds. The lowest BCUT2D eigenvalue weighted by Crippen LogP contribution is -2.45. The topological polar surface area (TPSA) is 77.7 Å². The number of aromatic nitrogens is 2. The van der Waals surface area contributed by atoms with E-state index in [-0.39, 0.29) is 12.1 Å². The minimum absolute atomic E-state index is 0.216. The number of carbonyl (C=O) groups is 1. The lowest BCUT2D eigenvalue weighted by molar-refractivity contribution is 0.0147. The number of carbonyl (C=O) groups excluding carboxylic acids is 1. The van der Waals surface area contributed by atoms with Crippen LogP contribution in [0.3, 0.4) is 0 Å². The van der Waals surface area contributed by atoms with Gasteiger partial charge in [-0.05, 0) is 80.7 Å². The lowest BCUT2D eigenvalue weighted by Gasteiger charge is -2.40. The molecule has 4 heterocycles. The van der Waals surface area contributed by atoms with Gasteiger partial charge >= 0.3 is 5.97 Å². The van der Waals surface area contributed by atoms with Gasteiger partial charge in [-0.2, -0.15) is 4.37 Å². The van der Waals surface area contributed by atoms with Crippen LogP contribution in [-0.4, -0.2) is 40.8 Å². The zero-order chi connectivity index (χ0) is 25.8. The van der Waals surface area contributed by atoms with Gasteiger partial charge in [0.15, 0.2) is 5.69 Å². The number of rotatable bonds is 7. The molecule has 3 aliphatic rings. The molecule has 3 fully saturated rings. The van der Waals surface area contributed by atoms with Gasteiger partial charge in [0.05, 0.1) is 24.5 Å². The van der Waals surface area contributed by atoms with Crippen molar-refractivity contribution in [3.8, 4) is 11.3 Å². The molecule has 1 aliphatic carbocycles. The number of esters is 1. The first kappa shape index (κ1) is 23.9. The van der Waals surface area contributed by atoms with E-state index in [2.05, 4.69) is 57.8 Å². The fraction of sp³-hybridized carbons (Fsp3) is 0.433. The Balaban J connectivity index is 1.08. The van der Waals surface area contributed by atoms with Crippen molar-refractivity contribution in [1.29, 1.82) is 0 Å². The normalized spacial score (nSPS) is 22.8. The summed E-state index contributed by atoms with van der Waals surface area (Å²) in [6.07, 6.45) is 6.92. The highest BCUT2D eigenvalue weighted by Crippen LogP contribution is 2.46. The first-order chi connectivity index (χ1) is 18.6. The fourth-order valence-corrected chi connectivity index (χ4v) is 7.19. The van der Waals surface area contributed by atoms with Gasteiger partial charge in [0.2, 0.25) is 0 Å². The molecular weight excluding hydrogens is 498 g/mol. The summed E-state index contributed by atoms with van der Waals surface area (Å²) in [6.45, 7) is 2.67. The van der Waals surface area contributed by atoms with E-state index in [1.807, 2.05) is 6.07 Å². The summed E-state index contributed by atoms with van der Waals surface area (Å²) >= 11 is 1.36. The zero-order valence-electron chi connectivity index (χ0n) is 21.7. The number of methoxy groups -OCH3 is 1. The zero-order valence-corrected chi connectivity index (χ0v) is 22.5. The molecule has 4 aromatic rings. The molecule has 2 aromatic heterocycles. The fourth-order valence-electron chi connectivity index (χ4n) is 6.39. The number of anilines is 1. The van der Waals surface area contributed by atoms with Crippen LogP contribution in [0.15, 0.2) is 47.0 Å². The van der Waals surface area contributed by atoms with Crippen molar-refractivity contribution in [2.45, 2.75) is 76.2 Å². The highest BCUT2D eigenvalue weighted by molar-refractivity contribution is 7.13. The third kappa shape index (κ3) is 4.10. The van der Waals surface area contributed by atoms with Gasteiger partial charge in [-0.3, -0.25) is 0 Å². The summed E-state index contributed by atoms with van der Waals surface area (Å²) < 4.78 is 22.8. The van der Waals surface area contributed by atoms with Crippen LogP contribution in [0.4, 0.5) is 5.69 Å². The van der Waals surface area contributed by atoms with Crippen LogP contribution in [0.5, 0.6) is 0 Å². The van der Waals surface area contributed by atoms with Crippen LogP contribution >= 0.6 is 11.5 Å². The second-order valence-electron chi connectivity index (χ2n) is 10.9. The molecule has 8 heteroatoms. The van der Waals surface area contributed by atoms with Crippen molar-refractivity contribution in [2.75, 3.05) is 12.0 Å². The Morgan fingerprint density at radius 1 is 1.11 bits per heavy atom. The molecule has 7 rings (SSSR count). The third-order valence-electron chi connectivity index (χ3n) is 8.45. The molecule has 196 valence electrons. The van der Waals surface area contributed by atoms with Gasteiger partial charge in [-0.1, -0.05) is 29.4 Å². The maximum absolute atomic E-state index is 12.0. The van der Waals surface area contributed by atoms with Gasteiger partial charge in [0.1, 0.15) is 11.5 Å². The Hall–Kier alpha value is -3.23. The molecule has 0 spiro atoms. The average Bonchev–Trinajstić information content (AvgIpc) is 3.46. The molecule has 2 saturated heterocycles. The summed E-state index contributed by atoms with van der Waals surface area (Å²) in [5, 5.41) is 5.37. The van der Waals surface area contributed by atoms with Crippen LogP contribution in [0, 0.1) is 6.92 Å². The van der Waals surface area contributed by atoms with E-state index in [0.29, 0.717) is 30.3 Å². The molecule has 38 heavy (non-hydrogen) atoms. The van der Waals surface area contributed by atoms with E-state index in [1.54, 1.807) is 0 Å². The van der Waals surface area contributed by atoms with Gasteiger partial charge in [0.25, 0.3) is 0 Å². The maximum Gasteiger partial charge on any atom is 0.358 e. The van der Waals surface area contributed by atoms with E-state index in [9.17, 15) is 4.79 Å². The number of nitrogens with zero attached hydrogens (tertiary/aromatic N) is 3. The van der Waals surface area contributed by atoms with Crippen LogP contribution in [0.2, 0.25) is 0 Å². The Labute approximate surface area is 225 Å². The predicted octanol–water partition coefficient (Wildman–Crippen LogP) is 6.64. The Bertz CT molecular complexity index is 1490. The molecule has 7 nitrogen and oxygen atoms in total. The van der Waals surface area contributed by atoms with Crippen molar-refractivity contribution in [3.05, 3.63) is 65.0 Å². The van der Waals surface area contributed by atoms with Gasteiger partial charge < -0.3 is 18.9 Å². The predicted molar refractivity (Wildman–Crippen MR) is 147 cm³/mol. The molecule has 1 saturated carbocycles. The van der Waals surface area contributed by atoms with E-state index < -0.39 is 0 Å². The Morgan fingerprint density at radius 3 is 2.63 bits per heavy atom. The summed E-state index contributed by atoms with van der Waals surface area (Å²) in [5.41, 5.74) is 6.01. The van der Waals surface area contributed by atoms with E-state index in [0.717, 1.165) is 45.5 Å². The number of hydrogen-bond acceptors (Lipinski definition) is 8. The number of fused-ring (bicyclic) bond motifs is 3. The number of piperidine rings is 1. The van der Waals surface area contributed by atoms with Gasteiger partial charge in [-0.15, -0.1) is 0 Å². The molecule has 2 unspecified atom stereocenters. The minimum atomic E-state index is -0.384. The van der Waals surface area contributed by atoms with E-state index in [4.69, 9.17) is 14.0 Å². The summed E-state index contributed by atoms with van der Waals surface area (Å²) in [7, 11) is 1.39. The van der Waals surface area contributed by atoms with Crippen molar-refractivity contribution >= 4 is 33.3 Å². The molecule has 0 N–H and O–H groups in total. The van der Waals surface area contributed by atoms with Crippen molar-refractivity contribution in [1.82, 2.24) is 9.53 Å². The van der Waals surface area contributed by atoms with Crippen molar-refractivity contribution in [3.63, 3.8) is 0 Å². The van der Waals surface area contributed by atoms with Crippen molar-refractivity contribution in [2.24, 2.45) is 0 Å². The second-order valence-corrected chi connectivity index (χ2v) is 11.7. The Kier molecular flexibility index (Phi) is 5.97. The highest BCUT2D eigenvalue weighted by atomic mass is 32.1. The highest BCUT2D eigenvalue weighted by Gasteiger charge is 2.42. The summed E-state index contributed by atoms with van der Waals surface area (Å²) in [6, 6.07) is 15.6. The molecule has 2 aromatic carbocycles. The molecule has 2 bridgehead atoms. The Morgan fingerprint density at radius 2 is 1.89 bits per heavy atom. The molecule has 3 atom stereocenters. The largest absolute Gasteiger partial charge is 0.464 e. The number of hydrogen-bond donors (Lipinski definition) is 0. The van der Waals surface area contributed by atoms with Gasteiger partial charge in [-0.25, -0.2) is 4.79 Å². The van der Waals surface area contributed by atoms with Crippen LogP contribution < -0.4 is 4.90 Å². The standard InChI is InChI=1S/C30H31N3O4S/c1-17-5-3-4-6-23(17)27-25(29(37-31-27)18-7-8-18)16-36-22-13-19-9-10-20(14-22)33(19)21-11-12-24-26(15-21)38-32-28(24)30(34)35-2/h3-6,11-12,15,18-20,22H,7-10,13-14,16H2,1-2H3/t19-,20?,22?/m0/s1. The number of benzene rings is 2. The van der Waals surface area contributed by atoms with Crippen LogP contribution in [0.25, 0.3) is 21.3 Å². The molecule has 2 aliphatic heterocycles.